The van der Waals surface area contributed by atoms with E-state index in [-0.39, 0.29) is 5.75 Å². The number of hydrogen-bond donors (Lipinski definition) is 2. The zero-order valence-electron chi connectivity index (χ0n) is 15.0. The lowest BCUT2D eigenvalue weighted by atomic mass is 10.1. The van der Waals surface area contributed by atoms with Crippen LogP contribution in [0.2, 0.25) is 5.02 Å². The van der Waals surface area contributed by atoms with Crippen LogP contribution < -0.4 is 15.4 Å². The van der Waals surface area contributed by atoms with Crippen molar-refractivity contribution in [2.45, 2.75) is 25.2 Å². The van der Waals surface area contributed by atoms with Gasteiger partial charge in [-0.25, -0.2) is 4.98 Å². The van der Waals surface area contributed by atoms with Gasteiger partial charge in [-0.15, -0.1) is 13.2 Å². The van der Waals surface area contributed by atoms with Crippen LogP contribution in [0.5, 0.6) is 5.75 Å². The van der Waals surface area contributed by atoms with Gasteiger partial charge in [0, 0.05) is 28.4 Å². The monoisotopic (exact) mass is 420 g/mol. The van der Waals surface area contributed by atoms with Crippen LogP contribution in [0.3, 0.4) is 0 Å². The first-order chi connectivity index (χ1) is 13.8. The fraction of sp³-hybridized carbons (Fsp3) is 0.200. The molecule has 0 atom stereocenters. The van der Waals surface area contributed by atoms with Crippen LogP contribution in [0.4, 0.5) is 30.6 Å². The molecule has 1 heterocycles. The van der Waals surface area contributed by atoms with E-state index in [0.717, 1.165) is 18.5 Å². The van der Waals surface area contributed by atoms with Crippen molar-refractivity contribution >= 4 is 29.1 Å². The molecule has 0 aliphatic heterocycles. The lowest BCUT2D eigenvalue weighted by Gasteiger charge is -2.13. The molecule has 29 heavy (non-hydrogen) atoms. The molecule has 3 aromatic rings. The summed E-state index contributed by atoms with van der Waals surface area (Å²) in [6.45, 7) is 0. The number of hydrogen-bond acceptors (Lipinski definition) is 5. The molecule has 1 aliphatic rings. The molecule has 0 spiro atoms. The molecule has 0 unspecified atom stereocenters. The Morgan fingerprint density at radius 1 is 1.00 bits per heavy atom. The third-order valence-corrected chi connectivity index (χ3v) is 4.33. The number of ether oxygens (including phenoxy) is 1. The van der Waals surface area contributed by atoms with Crippen LogP contribution in [0.25, 0.3) is 11.3 Å². The quantitative estimate of drug-likeness (QED) is 0.511. The SMILES string of the molecule is FC(F)(F)Oc1cccc(-c2cc(Nc3cccc(Cl)c3)nc(NC3CC3)n2)c1. The molecule has 2 N–H and O–H groups in total. The van der Waals surface area contributed by atoms with Gasteiger partial charge in [-0.1, -0.05) is 29.8 Å². The largest absolute Gasteiger partial charge is 0.573 e. The highest BCUT2D eigenvalue weighted by molar-refractivity contribution is 6.30. The average Bonchev–Trinajstić information content (AvgIpc) is 3.44. The van der Waals surface area contributed by atoms with Crippen molar-refractivity contribution in [2.75, 3.05) is 10.6 Å². The van der Waals surface area contributed by atoms with Gasteiger partial charge in [0.15, 0.2) is 0 Å². The van der Waals surface area contributed by atoms with Crippen molar-refractivity contribution in [2.24, 2.45) is 0 Å². The Labute approximate surface area is 169 Å². The molecule has 0 amide bonds. The van der Waals surface area contributed by atoms with Crippen LogP contribution in [-0.4, -0.2) is 22.4 Å². The minimum Gasteiger partial charge on any atom is -0.406 e. The zero-order chi connectivity index (χ0) is 20.4. The van der Waals surface area contributed by atoms with Crippen molar-refractivity contribution < 1.29 is 17.9 Å². The summed E-state index contributed by atoms with van der Waals surface area (Å²) in [5, 5.41) is 6.94. The first kappa shape index (κ1) is 19.3. The van der Waals surface area contributed by atoms with Crippen LogP contribution >= 0.6 is 11.6 Å². The first-order valence-electron chi connectivity index (χ1n) is 8.88. The molecule has 4 rings (SSSR count). The predicted molar refractivity (Wildman–Crippen MR) is 106 cm³/mol. The van der Waals surface area contributed by atoms with Gasteiger partial charge in [0.1, 0.15) is 11.6 Å². The second-order valence-corrected chi connectivity index (χ2v) is 7.03. The van der Waals surface area contributed by atoms with E-state index in [4.69, 9.17) is 11.6 Å². The van der Waals surface area contributed by atoms with E-state index in [0.29, 0.717) is 34.1 Å². The van der Waals surface area contributed by atoms with Crippen LogP contribution in [0, 0.1) is 0 Å². The Balaban J connectivity index is 1.67. The van der Waals surface area contributed by atoms with E-state index in [2.05, 4.69) is 25.3 Å². The van der Waals surface area contributed by atoms with E-state index in [1.54, 1.807) is 30.3 Å². The summed E-state index contributed by atoms with van der Waals surface area (Å²) in [5.74, 6) is 0.578. The maximum absolute atomic E-state index is 12.6. The Bertz CT molecular complexity index is 1020. The standard InChI is InChI=1S/C20H16ClF3N4O/c21-13-4-2-5-15(10-13)25-18-11-17(27-19(28-18)26-14-7-8-14)12-3-1-6-16(9-12)29-20(22,23)24/h1-6,9-11,14H,7-8H2,(H2,25,26,27,28). The summed E-state index contributed by atoms with van der Waals surface area (Å²) in [6, 6.07) is 14.8. The van der Waals surface area contributed by atoms with Gasteiger partial charge in [-0.3, -0.25) is 0 Å². The Morgan fingerprint density at radius 3 is 2.52 bits per heavy atom. The number of nitrogens with zero attached hydrogens (tertiary/aromatic N) is 2. The molecule has 150 valence electrons. The molecule has 1 aromatic heterocycles. The summed E-state index contributed by atoms with van der Waals surface area (Å²) >= 11 is 6.03. The molecular weight excluding hydrogens is 405 g/mol. The minimum atomic E-state index is -4.76. The number of rotatable bonds is 6. The Kier molecular flexibility index (Phi) is 5.19. The number of alkyl halides is 3. The van der Waals surface area contributed by atoms with E-state index in [1.165, 1.54) is 18.2 Å². The Hall–Kier alpha value is -3.00. The van der Waals surface area contributed by atoms with Gasteiger partial charge in [0.25, 0.3) is 0 Å². The van der Waals surface area contributed by atoms with Gasteiger partial charge in [0.2, 0.25) is 5.95 Å². The summed E-state index contributed by atoms with van der Waals surface area (Å²) in [5.41, 5.74) is 1.66. The molecule has 0 saturated heterocycles. The van der Waals surface area contributed by atoms with Gasteiger partial charge < -0.3 is 15.4 Å². The molecule has 1 fully saturated rings. The first-order valence-corrected chi connectivity index (χ1v) is 9.26. The van der Waals surface area contributed by atoms with Crippen LogP contribution in [0.1, 0.15) is 12.8 Å². The molecule has 9 heteroatoms. The predicted octanol–water partition coefficient (Wildman–Crippen LogP) is 6.01. The summed E-state index contributed by atoms with van der Waals surface area (Å²) in [6.07, 6.45) is -2.71. The highest BCUT2D eigenvalue weighted by Crippen LogP contribution is 2.31. The molecular formula is C20H16ClF3N4O. The van der Waals surface area contributed by atoms with Crippen molar-refractivity contribution in [1.82, 2.24) is 9.97 Å². The fourth-order valence-electron chi connectivity index (χ4n) is 2.70. The van der Waals surface area contributed by atoms with E-state index in [9.17, 15) is 13.2 Å². The average molecular weight is 421 g/mol. The zero-order valence-corrected chi connectivity index (χ0v) is 15.8. The van der Waals surface area contributed by atoms with Gasteiger partial charge in [-0.2, -0.15) is 4.98 Å². The highest BCUT2D eigenvalue weighted by atomic mass is 35.5. The van der Waals surface area contributed by atoms with E-state index >= 15 is 0 Å². The van der Waals surface area contributed by atoms with Gasteiger partial charge in [-0.05, 0) is 43.2 Å². The third-order valence-electron chi connectivity index (χ3n) is 4.10. The molecule has 1 saturated carbocycles. The molecule has 0 bridgehead atoms. The molecule has 1 aliphatic carbocycles. The number of anilines is 3. The smallest absolute Gasteiger partial charge is 0.406 e. The number of benzene rings is 2. The summed E-state index contributed by atoms with van der Waals surface area (Å²) < 4.78 is 41.7. The summed E-state index contributed by atoms with van der Waals surface area (Å²) in [4.78, 5) is 8.91. The van der Waals surface area contributed by atoms with E-state index in [1.807, 2.05) is 6.07 Å². The molecule has 5 nitrogen and oxygen atoms in total. The topological polar surface area (TPSA) is 59.1 Å². The van der Waals surface area contributed by atoms with Crippen molar-refractivity contribution in [1.29, 1.82) is 0 Å². The number of nitrogens with one attached hydrogen (secondary N) is 2. The normalized spacial score (nSPS) is 13.8. The minimum absolute atomic E-state index is 0.309. The Morgan fingerprint density at radius 2 is 1.79 bits per heavy atom. The van der Waals surface area contributed by atoms with Crippen LogP contribution in [-0.2, 0) is 0 Å². The fourth-order valence-corrected chi connectivity index (χ4v) is 2.89. The lowest BCUT2D eigenvalue weighted by Crippen LogP contribution is -2.17. The lowest BCUT2D eigenvalue weighted by molar-refractivity contribution is -0.274. The maximum atomic E-state index is 12.6. The van der Waals surface area contributed by atoms with Crippen LogP contribution in [0.15, 0.2) is 54.6 Å². The van der Waals surface area contributed by atoms with Crippen molar-refractivity contribution in [3.63, 3.8) is 0 Å². The molecule has 2 aromatic carbocycles. The number of halogens is 4. The van der Waals surface area contributed by atoms with Gasteiger partial charge >= 0.3 is 6.36 Å². The van der Waals surface area contributed by atoms with E-state index < -0.39 is 6.36 Å². The second kappa shape index (κ2) is 7.79. The second-order valence-electron chi connectivity index (χ2n) is 6.59. The summed E-state index contributed by atoms with van der Waals surface area (Å²) in [7, 11) is 0. The van der Waals surface area contributed by atoms with Gasteiger partial charge in [0.05, 0.1) is 5.69 Å². The third kappa shape index (κ3) is 5.51. The number of aromatic nitrogens is 2. The van der Waals surface area contributed by atoms with Crippen molar-refractivity contribution in [3.05, 3.63) is 59.6 Å². The van der Waals surface area contributed by atoms with Crippen molar-refractivity contribution in [3.8, 4) is 17.0 Å². The maximum Gasteiger partial charge on any atom is 0.573 e. The highest BCUT2D eigenvalue weighted by Gasteiger charge is 2.31. The molecule has 0 radical (unpaired) electrons.